The Kier molecular flexibility index (Phi) is 3.71. The largest absolute Gasteiger partial charge is 0.346 e. The van der Waals surface area contributed by atoms with Crippen LogP contribution in [0.4, 0.5) is 0 Å². The van der Waals surface area contributed by atoms with Crippen molar-refractivity contribution in [3.8, 4) is 11.1 Å². The van der Waals surface area contributed by atoms with Gasteiger partial charge in [0.05, 0.1) is 6.20 Å². The highest BCUT2D eigenvalue weighted by Gasteiger charge is 2.31. The number of allylic oxidation sites excluding steroid dienone is 2. The van der Waals surface area contributed by atoms with E-state index >= 15 is 0 Å². The molecule has 2 bridgehead atoms. The van der Waals surface area contributed by atoms with E-state index in [9.17, 15) is 0 Å². The molecule has 134 valence electrons. The van der Waals surface area contributed by atoms with E-state index in [-0.39, 0.29) is 0 Å². The third kappa shape index (κ3) is 2.67. The first kappa shape index (κ1) is 15.8. The average Bonchev–Trinajstić information content (AvgIpc) is 3.26. The number of hydrogen-bond acceptors (Lipinski definition) is 3. The van der Waals surface area contributed by atoms with E-state index in [1.54, 1.807) is 0 Å². The Labute approximate surface area is 153 Å². The van der Waals surface area contributed by atoms with Gasteiger partial charge in [-0.05, 0) is 61.8 Å². The van der Waals surface area contributed by atoms with Crippen LogP contribution in [0.2, 0.25) is 0 Å². The first-order valence-electron chi connectivity index (χ1n) is 9.54. The molecule has 5 nitrogen and oxygen atoms in total. The number of aryl methyl sites for hydroxylation is 1. The molecule has 3 aromatic rings. The zero-order valence-corrected chi connectivity index (χ0v) is 15.4. The molecule has 5 heteroatoms. The highest BCUT2D eigenvalue weighted by atomic mass is 15.2. The van der Waals surface area contributed by atoms with Crippen LogP contribution in [0.1, 0.15) is 31.2 Å². The summed E-state index contributed by atoms with van der Waals surface area (Å²) in [6.07, 6.45) is 15.6. The Morgan fingerprint density at radius 1 is 1.19 bits per heavy atom. The van der Waals surface area contributed by atoms with Gasteiger partial charge in [0.15, 0.2) is 0 Å². The van der Waals surface area contributed by atoms with Gasteiger partial charge in [-0.1, -0.05) is 6.08 Å². The molecule has 1 saturated carbocycles. The maximum Gasteiger partial charge on any atom is 0.137 e. The summed E-state index contributed by atoms with van der Waals surface area (Å²) in [5, 5.41) is 8.97. The minimum absolute atomic E-state index is 0.680. The zero-order valence-electron chi connectivity index (χ0n) is 15.4. The van der Waals surface area contributed by atoms with Crippen LogP contribution in [-0.4, -0.2) is 32.8 Å². The summed E-state index contributed by atoms with van der Waals surface area (Å²) >= 11 is 0. The molecule has 3 atom stereocenters. The molecular formula is C21H25N5. The quantitative estimate of drug-likeness (QED) is 0.758. The van der Waals surface area contributed by atoms with Crippen LogP contribution >= 0.6 is 0 Å². The van der Waals surface area contributed by atoms with Gasteiger partial charge in [-0.2, -0.15) is 5.10 Å². The molecule has 3 heterocycles. The summed E-state index contributed by atoms with van der Waals surface area (Å²) in [5.74, 6) is 1.50. The van der Waals surface area contributed by atoms with E-state index < -0.39 is 0 Å². The molecule has 0 radical (unpaired) electrons. The molecule has 1 fully saturated rings. The van der Waals surface area contributed by atoms with E-state index in [0.29, 0.717) is 12.0 Å². The van der Waals surface area contributed by atoms with Crippen LogP contribution in [0.25, 0.3) is 27.7 Å². The van der Waals surface area contributed by atoms with Crippen LogP contribution in [0.5, 0.6) is 0 Å². The number of rotatable bonds is 3. The topological polar surface area (TPSA) is 58.5 Å². The van der Waals surface area contributed by atoms with E-state index in [1.807, 2.05) is 30.3 Å². The highest BCUT2D eigenvalue weighted by Crippen LogP contribution is 2.42. The smallest absolute Gasteiger partial charge is 0.137 e. The Hall–Kier alpha value is -2.40. The van der Waals surface area contributed by atoms with Gasteiger partial charge < -0.3 is 10.3 Å². The second kappa shape index (κ2) is 6.09. The number of hydrogen-bond donors (Lipinski definition) is 2. The molecular weight excluding hydrogens is 322 g/mol. The predicted molar refractivity (Wildman–Crippen MR) is 105 cm³/mol. The van der Waals surface area contributed by atoms with E-state index in [4.69, 9.17) is 4.98 Å². The molecule has 0 spiro atoms. The van der Waals surface area contributed by atoms with E-state index in [2.05, 4.69) is 40.8 Å². The molecule has 5 rings (SSSR count). The molecule has 2 N–H and O–H groups in total. The molecule has 0 aromatic carbocycles. The Balaban J connectivity index is 1.53. The second-order valence-corrected chi connectivity index (χ2v) is 7.94. The molecule has 0 amide bonds. The third-order valence-corrected chi connectivity index (χ3v) is 6.11. The molecule has 2 aliphatic carbocycles. The summed E-state index contributed by atoms with van der Waals surface area (Å²) in [6, 6.07) is 2.99. The van der Waals surface area contributed by atoms with Crippen molar-refractivity contribution in [3.63, 3.8) is 0 Å². The third-order valence-electron chi connectivity index (χ3n) is 6.11. The van der Waals surface area contributed by atoms with Crippen molar-refractivity contribution in [1.29, 1.82) is 0 Å². The van der Waals surface area contributed by atoms with Gasteiger partial charge in [0.2, 0.25) is 0 Å². The van der Waals surface area contributed by atoms with E-state index in [1.165, 1.54) is 47.8 Å². The lowest BCUT2D eigenvalue weighted by Crippen LogP contribution is -2.36. The average molecular weight is 347 g/mol. The fourth-order valence-corrected chi connectivity index (χ4v) is 4.88. The van der Waals surface area contributed by atoms with Crippen molar-refractivity contribution in [2.75, 3.05) is 7.05 Å². The highest BCUT2D eigenvalue weighted by molar-refractivity contribution is 5.95. The van der Waals surface area contributed by atoms with Crippen molar-refractivity contribution < 1.29 is 0 Å². The summed E-state index contributed by atoms with van der Waals surface area (Å²) < 4.78 is 1.84. The first-order valence-corrected chi connectivity index (χ1v) is 9.54. The van der Waals surface area contributed by atoms with Crippen molar-refractivity contribution in [2.24, 2.45) is 18.9 Å². The summed E-state index contributed by atoms with van der Waals surface area (Å²) in [4.78, 5) is 8.00. The molecule has 2 aliphatic rings. The number of pyridine rings is 1. The lowest BCUT2D eigenvalue weighted by molar-refractivity contribution is 0.244. The lowest BCUT2D eigenvalue weighted by atomic mass is 9.70. The van der Waals surface area contributed by atoms with Crippen LogP contribution in [0, 0.1) is 11.8 Å². The number of aromatic nitrogens is 4. The maximum absolute atomic E-state index is 4.70. The van der Waals surface area contributed by atoms with Gasteiger partial charge >= 0.3 is 0 Å². The minimum Gasteiger partial charge on any atom is -0.346 e. The van der Waals surface area contributed by atoms with Crippen molar-refractivity contribution in [2.45, 2.75) is 31.7 Å². The summed E-state index contributed by atoms with van der Waals surface area (Å²) in [6.45, 7) is 0. The zero-order chi connectivity index (χ0) is 17.7. The normalized spacial score (nSPS) is 25.5. The number of fused-ring (bicyclic) bond motifs is 3. The van der Waals surface area contributed by atoms with Crippen molar-refractivity contribution >= 4 is 16.6 Å². The number of nitrogens with zero attached hydrogens (tertiary/aromatic N) is 3. The Bertz CT molecular complexity index is 979. The predicted octanol–water partition coefficient (Wildman–Crippen LogP) is 3.75. The Morgan fingerprint density at radius 2 is 2.12 bits per heavy atom. The molecule has 0 aliphatic heterocycles. The molecule has 26 heavy (non-hydrogen) atoms. The molecule has 3 unspecified atom stereocenters. The Morgan fingerprint density at radius 3 is 2.88 bits per heavy atom. The lowest BCUT2D eigenvalue weighted by Gasteiger charge is -2.38. The van der Waals surface area contributed by atoms with Gasteiger partial charge in [0.25, 0.3) is 0 Å². The summed E-state index contributed by atoms with van der Waals surface area (Å²) in [7, 11) is 4.05. The van der Waals surface area contributed by atoms with Gasteiger partial charge in [-0.3, -0.25) is 4.68 Å². The summed E-state index contributed by atoms with van der Waals surface area (Å²) in [5.41, 5.74) is 6.01. The van der Waals surface area contributed by atoms with Gasteiger partial charge in [-0.15, -0.1) is 0 Å². The SMILES string of the molecule is CNC1CC2C=C(c3cnc4[nH]cc(-c5cnn(C)c5)c4c3)CC(C2)C1. The number of aromatic amines is 1. The van der Waals surface area contributed by atoms with Gasteiger partial charge in [0, 0.05) is 48.2 Å². The van der Waals surface area contributed by atoms with Gasteiger partial charge in [-0.25, -0.2) is 4.98 Å². The monoisotopic (exact) mass is 347 g/mol. The van der Waals surface area contributed by atoms with Crippen LogP contribution in [0.3, 0.4) is 0 Å². The number of H-pyrrole nitrogens is 1. The molecule has 3 aromatic heterocycles. The first-order chi connectivity index (χ1) is 12.7. The van der Waals surface area contributed by atoms with Crippen LogP contribution in [-0.2, 0) is 7.05 Å². The standard InChI is InChI=1S/C21H25N5/c1-22-18-6-13-3-14(7-18)5-15(4-13)16-8-19-20(11-24-21(19)23-9-16)17-10-25-26(2)12-17/h4,8-14,18,22H,3,5-7H2,1-2H3,(H,23,24). The van der Waals surface area contributed by atoms with Crippen molar-refractivity contribution in [1.82, 2.24) is 25.1 Å². The number of nitrogens with one attached hydrogen (secondary N) is 2. The van der Waals surface area contributed by atoms with Crippen molar-refractivity contribution in [3.05, 3.63) is 42.5 Å². The fraction of sp³-hybridized carbons (Fsp3) is 0.429. The van der Waals surface area contributed by atoms with Crippen LogP contribution < -0.4 is 5.32 Å². The minimum atomic E-state index is 0.680. The fourth-order valence-electron chi connectivity index (χ4n) is 4.88. The van der Waals surface area contributed by atoms with Crippen LogP contribution in [0.15, 0.2) is 36.9 Å². The molecule has 0 saturated heterocycles. The maximum atomic E-state index is 4.70. The van der Waals surface area contributed by atoms with Gasteiger partial charge in [0.1, 0.15) is 5.65 Å². The second-order valence-electron chi connectivity index (χ2n) is 7.94. The van der Waals surface area contributed by atoms with E-state index in [0.717, 1.165) is 17.1 Å².